The second-order valence-electron chi connectivity index (χ2n) is 6.37. The number of nitrogens with zero attached hydrogens (tertiary/aromatic N) is 1. The summed E-state index contributed by atoms with van der Waals surface area (Å²) in [6.07, 6.45) is -0.536. The minimum atomic E-state index is -4.30. The summed E-state index contributed by atoms with van der Waals surface area (Å²) in [5.74, 6) is 0.0941. The lowest BCUT2D eigenvalue weighted by Crippen LogP contribution is -2.39. The Bertz CT molecular complexity index is 559. The Labute approximate surface area is 134 Å². The highest BCUT2D eigenvalue weighted by molar-refractivity contribution is 5.85. The van der Waals surface area contributed by atoms with Crippen LogP contribution in [-0.2, 0) is 17.5 Å². The molecule has 122 valence electrons. The van der Waals surface area contributed by atoms with Crippen LogP contribution in [0.15, 0.2) is 18.2 Å². The lowest BCUT2D eigenvalue weighted by Gasteiger charge is -2.34. The van der Waals surface area contributed by atoms with Crippen LogP contribution in [0, 0.1) is 0 Å². The van der Waals surface area contributed by atoms with Crippen LogP contribution in [0.1, 0.15) is 41.9 Å². The van der Waals surface area contributed by atoms with Crippen molar-refractivity contribution in [1.29, 1.82) is 0 Å². The highest BCUT2D eigenvalue weighted by Crippen LogP contribution is 2.43. The molecular formula is C16H19ClF3NO. The molecule has 2 nitrogen and oxygen atoms in total. The second kappa shape index (κ2) is 5.69. The lowest BCUT2D eigenvalue weighted by molar-refractivity contribution is -0.139. The third-order valence-corrected chi connectivity index (χ3v) is 5.24. The van der Waals surface area contributed by atoms with Gasteiger partial charge >= 0.3 is 6.18 Å². The van der Waals surface area contributed by atoms with Crippen molar-refractivity contribution in [1.82, 2.24) is 4.90 Å². The Kier molecular flexibility index (Phi) is 4.16. The monoisotopic (exact) mass is 333 g/mol. The number of ether oxygens (including phenoxy) is 1. The summed E-state index contributed by atoms with van der Waals surface area (Å²) < 4.78 is 45.1. The molecular weight excluding hydrogens is 315 g/mol. The molecule has 0 N–H and O–H groups in total. The summed E-state index contributed by atoms with van der Waals surface area (Å²) in [5.41, 5.74) is 0.671. The largest absolute Gasteiger partial charge is 0.416 e. The zero-order chi connectivity index (χ0) is 14.6. The van der Waals surface area contributed by atoms with Crippen LogP contribution in [0.4, 0.5) is 13.2 Å². The first-order valence-corrected chi connectivity index (χ1v) is 7.58. The van der Waals surface area contributed by atoms with Gasteiger partial charge in [-0.1, -0.05) is 18.6 Å². The highest BCUT2D eigenvalue weighted by atomic mass is 35.5. The van der Waals surface area contributed by atoms with E-state index < -0.39 is 11.7 Å². The molecule has 2 aliphatic heterocycles. The van der Waals surface area contributed by atoms with Gasteiger partial charge in [0.05, 0.1) is 18.3 Å². The predicted octanol–water partition coefficient (Wildman–Crippen LogP) is 3.98. The summed E-state index contributed by atoms with van der Waals surface area (Å²) in [6, 6.07) is 5.18. The molecule has 0 aromatic heterocycles. The van der Waals surface area contributed by atoms with Crippen LogP contribution in [0.3, 0.4) is 0 Å². The van der Waals surface area contributed by atoms with E-state index in [0.29, 0.717) is 11.6 Å². The Morgan fingerprint density at radius 2 is 1.91 bits per heavy atom. The molecule has 0 amide bonds. The van der Waals surface area contributed by atoms with Crippen molar-refractivity contribution in [2.75, 3.05) is 13.1 Å². The topological polar surface area (TPSA) is 12.5 Å². The summed E-state index contributed by atoms with van der Waals surface area (Å²) in [4.78, 5) is 2.41. The van der Waals surface area contributed by atoms with E-state index in [1.54, 1.807) is 0 Å². The van der Waals surface area contributed by atoms with Gasteiger partial charge in [-0.2, -0.15) is 13.2 Å². The molecule has 0 radical (unpaired) electrons. The van der Waals surface area contributed by atoms with Crippen molar-refractivity contribution in [3.8, 4) is 0 Å². The summed E-state index contributed by atoms with van der Waals surface area (Å²) in [7, 11) is 0. The van der Waals surface area contributed by atoms with Gasteiger partial charge in [0.2, 0.25) is 0 Å². The van der Waals surface area contributed by atoms with Crippen molar-refractivity contribution < 1.29 is 17.9 Å². The van der Waals surface area contributed by atoms with Gasteiger partial charge in [-0.25, -0.2) is 0 Å². The molecule has 2 heterocycles. The average molecular weight is 334 g/mol. The first-order chi connectivity index (χ1) is 10.0. The van der Waals surface area contributed by atoms with E-state index >= 15 is 0 Å². The maximum Gasteiger partial charge on any atom is 0.416 e. The Morgan fingerprint density at radius 3 is 2.55 bits per heavy atom. The molecule has 1 aromatic carbocycles. The SMILES string of the molecule is Cl.FC(F)(F)c1cccc2c1CO[C@H]1CN(C3CCC3)C[C@@H]21. The van der Waals surface area contributed by atoms with Gasteiger partial charge < -0.3 is 4.74 Å². The summed E-state index contributed by atoms with van der Waals surface area (Å²) >= 11 is 0. The average Bonchev–Trinajstić information content (AvgIpc) is 2.78. The fourth-order valence-corrected chi connectivity index (χ4v) is 3.89. The lowest BCUT2D eigenvalue weighted by atomic mass is 9.87. The first kappa shape index (κ1) is 16.1. The molecule has 0 bridgehead atoms. The number of likely N-dealkylation sites (tertiary alicyclic amines) is 1. The van der Waals surface area contributed by atoms with Crippen LogP contribution in [0.5, 0.6) is 0 Å². The number of halogens is 4. The van der Waals surface area contributed by atoms with Crippen LogP contribution in [0.2, 0.25) is 0 Å². The van der Waals surface area contributed by atoms with Gasteiger partial charge in [-0.15, -0.1) is 12.4 Å². The smallest absolute Gasteiger partial charge is 0.371 e. The maximum absolute atomic E-state index is 13.1. The van der Waals surface area contributed by atoms with Crippen molar-refractivity contribution in [3.05, 3.63) is 34.9 Å². The Morgan fingerprint density at radius 1 is 1.14 bits per heavy atom. The molecule has 6 heteroatoms. The molecule has 2 atom stereocenters. The van der Waals surface area contributed by atoms with Gasteiger partial charge in [-0.3, -0.25) is 4.90 Å². The summed E-state index contributed by atoms with van der Waals surface area (Å²) in [6.45, 7) is 1.79. The van der Waals surface area contributed by atoms with Gasteiger partial charge in [0.1, 0.15) is 0 Å². The minimum absolute atomic E-state index is 0. The van der Waals surface area contributed by atoms with Crippen LogP contribution in [0.25, 0.3) is 0 Å². The fraction of sp³-hybridized carbons (Fsp3) is 0.625. The minimum Gasteiger partial charge on any atom is -0.371 e. The number of fused-ring (bicyclic) bond motifs is 3. The van der Waals surface area contributed by atoms with Crippen LogP contribution >= 0.6 is 12.4 Å². The second-order valence-corrected chi connectivity index (χ2v) is 6.37. The molecule has 0 unspecified atom stereocenters. The number of hydrogen-bond donors (Lipinski definition) is 0. The van der Waals surface area contributed by atoms with Gasteiger partial charge in [-0.05, 0) is 30.0 Å². The Balaban J connectivity index is 0.00000144. The van der Waals surface area contributed by atoms with E-state index in [9.17, 15) is 13.2 Å². The van der Waals surface area contributed by atoms with E-state index in [1.165, 1.54) is 31.4 Å². The van der Waals surface area contributed by atoms with Crippen molar-refractivity contribution in [2.45, 2.75) is 50.1 Å². The molecule has 4 rings (SSSR count). The zero-order valence-corrected chi connectivity index (χ0v) is 12.9. The van der Waals surface area contributed by atoms with E-state index in [-0.39, 0.29) is 31.0 Å². The maximum atomic E-state index is 13.1. The van der Waals surface area contributed by atoms with Gasteiger partial charge in [0, 0.05) is 25.0 Å². The van der Waals surface area contributed by atoms with Crippen molar-refractivity contribution >= 4 is 12.4 Å². The molecule has 1 saturated heterocycles. The first-order valence-electron chi connectivity index (χ1n) is 7.58. The third kappa shape index (κ3) is 2.53. The van der Waals surface area contributed by atoms with Crippen molar-refractivity contribution in [2.24, 2.45) is 0 Å². The normalized spacial score (nSPS) is 28.5. The van der Waals surface area contributed by atoms with Gasteiger partial charge in [0.15, 0.2) is 0 Å². The number of benzene rings is 1. The quantitative estimate of drug-likeness (QED) is 0.771. The van der Waals surface area contributed by atoms with E-state index in [0.717, 1.165) is 18.7 Å². The third-order valence-electron chi connectivity index (χ3n) is 5.24. The zero-order valence-electron chi connectivity index (χ0n) is 12.1. The highest BCUT2D eigenvalue weighted by Gasteiger charge is 2.44. The van der Waals surface area contributed by atoms with Crippen molar-refractivity contribution in [3.63, 3.8) is 0 Å². The predicted molar refractivity (Wildman–Crippen MR) is 79.2 cm³/mol. The number of alkyl halides is 3. The molecule has 1 aliphatic carbocycles. The van der Waals surface area contributed by atoms with Gasteiger partial charge in [0.25, 0.3) is 0 Å². The molecule has 1 saturated carbocycles. The van der Waals surface area contributed by atoms with Crippen LogP contribution in [-0.4, -0.2) is 30.1 Å². The van der Waals surface area contributed by atoms with Crippen LogP contribution < -0.4 is 0 Å². The summed E-state index contributed by atoms with van der Waals surface area (Å²) in [5, 5.41) is 0. The number of rotatable bonds is 1. The Hall–Kier alpha value is -0.780. The number of hydrogen-bond acceptors (Lipinski definition) is 2. The van der Waals surface area contributed by atoms with E-state index in [4.69, 9.17) is 4.74 Å². The molecule has 22 heavy (non-hydrogen) atoms. The standard InChI is InChI=1S/C16H18F3NO.ClH/c17-16(18,19)14-6-2-5-11-12-7-20(10-3-1-4-10)8-15(12)21-9-13(11)14;/h2,5-6,10,12,15H,1,3-4,7-9H2;1H/t12-,15-;/m0./s1. The molecule has 3 aliphatic rings. The van der Waals surface area contributed by atoms with E-state index in [2.05, 4.69) is 4.90 Å². The van der Waals surface area contributed by atoms with E-state index in [1.807, 2.05) is 6.07 Å². The molecule has 2 fully saturated rings. The molecule has 0 spiro atoms. The molecule has 1 aromatic rings. The fourth-order valence-electron chi connectivity index (χ4n) is 3.89.